The Kier molecular flexibility index (Phi) is 5.53. The van der Waals surface area contributed by atoms with Gasteiger partial charge in [0, 0.05) is 22.2 Å². The van der Waals surface area contributed by atoms with Crippen LogP contribution in [0, 0.1) is 6.92 Å². The number of halogens is 1. The molecule has 21 heavy (non-hydrogen) atoms. The molecule has 0 aromatic heterocycles. The normalized spacial score (nSPS) is 10.4. The van der Waals surface area contributed by atoms with E-state index in [1.165, 1.54) is 17.3 Å². The standard InChI is InChI=1S/C16H17ClN2OS/c1-11-8-13(17)7-6-12(11)9-19-14-4-2-3-5-15(14)21-10-16(18)20/h2-8,19H,9-10H2,1H3,(H2,18,20). The van der Waals surface area contributed by atoms with Crippen LogP contribution in [0.3, 0.4) is 0 Å². The molecular weight excluding hydrogens is 304 g/mol. The van der Waals surface area contributed by atoms with Crippen LogP contribution in [-0.2, 0) is 11.3 Å². The van der Waals surface area contributed by atoms with Crippen LogP contribution in [0.2, 0.25) is 5.02 Å². The van der Waals surface area contributed by atoms with Crippen molar-refractivity contribution in [1.82, 2.24) is 0 Å². The van der Waals surface area contributed by atoms with Gasteiger partial charge in [-0.3, -0.25) is 4.79 Å². The lowest BCUT2D eigenvalue weighted by Gasteiger charge is -2.13. The van der Waals surface area contributed by atoms with Crippen LogP contribution in [-0.4, -0.2) is 11.7 Å². The van der Waals surface area contributed by atoms with E-state index in [2.05, 4.69) is 5.32 Å². The topological polar surface area (TPSA) is 55.1 Å². The summed E-state index contributed by atoms with van der Waals surface area (Å²) in [5.41, 5.74) is 8.53. The van der Waals surface area contributed by atoms with Gasteiger partial charge in [0.15, 0.2) is 0 Å². The van der Waals surface area contributed by atoms with Crippen molar-refractivity contribution in [3.05, 3.63) is 58.6 Å². The highest BCUT2D eigenvalue weighted by Crippen LogP contribution is 2.27. The third-order valence-electron chi connectivity index (χ3n) is 3.03. The molecule has 0 aliphatic carbocycles. The van der Waals surface area contributed by atoms with Crippen LogP contribution in [0.5, 0.6) is 0 Å². The molecule has 0 saturated heterocycles. The first-order chi connectivity index (χ1) is 10.1. The van der Waals surface area contributed by atoms with Gasteiger partial charge in [-0.25, -0.2) is 0 Å². The van der Waals surface area contributed by atoms with Gasteiger partial charge in [0.05, 0.1) is 5.75 Å². The molecule has 0 unspecified atom stereocenters. The van der Waals surface area contributed by atoms with Crippen molar-refractivity contribution in [1.29, 1.82) is 0 Å². The average molecular weight is 321 g/mol. The molecule has 0 bridgehead atoms. The van der Waals surface area contributed by atoms with Gasteiger partial charge in [-0.2, -0.15) is 0 Å². The van der Waals surface area contributed by atoms with Gasteiger partial charge in [0.25, 0.3) is 0 Å². The lowest BCUT2D eigenvalue weighted by atomic mass is 10.1. The summed E-state index contributed by atoms with van der Waals surface area (Å²) in [6.07, 6.45) is 0. The summed E-state index contributed by atoms with van der Waals surface area (Å²) >= 11 is 7.40. The molecular formula is C16H17ClN2OS. The number of aryl methyl sites for hydroxylation is 1. The van der Waals surface area contributed by atoms with Gasteiger partial charge in [-0.15, -0.1) is 11.8 Å². The Morgan fingerprint density at radius 1 is 1.29 bits per heavy atom. The Bertz CT molecular complexity index is 646. The number of amides is 1. The second-order valence-electron chi connectivity index (χ2n) is 4.68. The Morgan fingerprint density at radius 3 is 2.76 bits per heavy atom. The van der Waals surface area contributed by atoms with Gasteiger partial charge in [0.2, 0.25) is 5.91 Å². The number of carbonyl (C=O) groups excluding carboxylic acids is 1. The summed E-state index contributed by atoms with van der Waals surface area (Å²) in [7, 11) is 0. The number of anilines is 1. The monoisotopic (exact) mass is 320 g/mol. The molecule has 0 radical (unpaired) electrons. The van der Waals surface area contributed by atoms with Crippen LogP contribution < -0.4 is 11.1 Å². The molecule has 110 valence electrons. The predicted molar refractivity (Wildman–Crippen MR) is 89.9 cm³/mol. The van der Waals surface area contributed by atoms with Crippen molar-refractivity contribution in [3.63, 3.8) is 0 Å². The van der Waals surface area contributed by atoms with Crippen molar-refractivity contribution >= 4 is 35.0 Å². The smallest absolute Gasteiger partial charge is 0.227 e. The lowest BCUT2D eigenvalue weighted by Crippen LogP contribution is -2.13. The first kappa shape index (κ1) is 15.7. The van der Waals surface area contributed by atoms with Gasteiger partial charge >= 0.3 is 0 Å². The Balaban J connectivity index is 2.07. The maximum Gasteiger partial charge on any atom is 0.227 e. The Hall–Kier alpha value is -1.65. The Morgan fingerprint density at radius 2 is 2.05 bits per heavy atom. The average Bonchev–Trinajstić information content (AvgIpc) is 2.45. The molecule has 2 aromatic rings. The summed E-state index contributed by atoms with van der Waals surface area (Å²) in [5, 5.41) is 4.14. The summed E-state index contributed by atoms with van der Waals surface area (Å²) < 4.78 is 0. The molecule has 0 saturated carbocycles. The van der Waals surface area contributed by atoms with E-state index in [1.54, 1.807) is 0 Å². The molecule has 0 heterocycles. The molecule has 2 aromatic carbocycles. The molecule has 0 aliphatic rings. The minimum absolute atomic E-state index is 0.276. The first-order valence-electron chi connectivity index (χ1n) is 6.55. The van der Waals surface area contributed by atoms with Crippen LogP contribution in [0.15, 0.2) is 47.4 Å². The third kappa shape index (κ3) is 4.69. The van der Waals surface area contributed by atoms with E-state index in [1.807, 2.05) is 49.4 Å². The van der Waals surface area contributed by atoms with E-state index in [0.29, 0.717) is 6.54 Å². The molecule has 0 fully saturated rings. The lowest BCUT2D eigenvalue weighted by molar-refractivity contribution is -0.115. The fraction of sp³-hybridized carbons (Fsp3) is 0.188. The zero-order valence-corrected chi connectivity index (χ0v) is 13.3. The van der Waals surface area contributed by atoms with Crippen molar-refractivity contribution in [2.24, 2.45) is 5.73 Å². The quantitative estimate of drug-likeness (QED) is 0.795. The van der Waals surface area contributed by atoms with Crippen LogP contribution in [0.1, 0.15) is 11.1 Å². The molecule has 0 aliphatic heterocycles. The second-order valence-corrected chi connectivity index (χ2v) is 6.13. The number of hydrogen-bond acceptors (Lipinski definition) is 3. The van der Waals surface area contributed by atoms with E-state index in [4.69, 9.17) is 17.3 Å². The molecule has 2 rings (SSSR count). The van der Waals surface area contributed by atoms with Crippen LogP contribution in [0.25, 0.3) is 0 Å². The number of hydrogen-bond donors (Lipinski definition) is 2. The SMILES string of the molecule is Cc1cc(Cl)ccc1CNc1ccccc1SCC(N)=O. The van der Waals surface area contributed by atoms with E-state index >= 15 is 0 Å². The zero-order valence-electron chi connectivity index (χ0n) is 11.7. The highest BCUT2D eigenvalue weighted by Gasteiger charge is 2.05. The number of nitrogens with one attached hydrogen (secondary N) is 1. The molecule has 1 amide bonds. The van der Waals surface area contributed by atoms with E-state index in [0.717, 1.165) is 21.2 Å². The molecule has 0 atom stereocenters. The minimum atomic E-state index is -0.316. The van der Waals surface area contributed by atoms with Gasteiger partial charge in [-0.1, -0.05) is 29.8 Å². The minimum Gasteiger partial charge on any atom is -0.380 e. The van der Waals surface area contributed by atoms with E-state index in [9.17, 15) is 4.79 Å². The number of primary amides is 1. The first-order valence-corrected chi connectivity index (χ1v) is 7.91. The largest absolute Gasteiger partial charge is 0.380 e. The molecule has 5 heteroatoms. The number of para-hydroxylation sites is 1. The number of rotatable bonds is 6. The summed E-state index contributed by atoms with van der Waals surface area (Å²) in [4.78, 5) is 11.9. The Labute approximate surface area is 133 Å². The molecule has 3 N–H and O–H groups in total. The third-order valence-corrected chi connectivity index (χ3v) is 4.36. The maximum absolute atomic E-state index is 10.9. The fourth-order valence-electron chi connectivity index (χ4n) is 1.94. The fourth-order valence-corrected chi connectivity index (χ4v) is 2.93. The molecule has 3 nitrogen and oxygen atoms in total. The van der Waals surface area contributed by atoms with Gasteiger partial charge in [0.1, 0.15) is 0 Å². The zero-order chi connectivity index (χ0) is 15.2. The van der Waals surface area contributed by atoms with E-state index in [-0.39, 0.29) is 11.7 Å². The number of benzene rings is 2. The maximum atomic E-state index is 10.9. The summed E-state index contributed by atoms with van der Waals surface area (Å²) in [5.74, 6) is -0.0399. The summed E-state index contributed by atoms with van der Waals surface area (Å²) in [6.45, 7) is 2.74. The number of nitrogens with two attached hydrogens (primary N) is 1. The van der Waals surface area contributed by atoms with Crippen molar-refractivity contribution in [2.45, 2.75) is 18.4 Å². The van der Waals surface area contributed by atoms with Crippen LogP contribution in [0.4, 0.5) is 5.69 Å². The predicted octanol–water partition coefficient (Wildman–Crippen LogP) is 3.84. The number of thioether (sulfide) groups is 1. The van der Waals surface area contributed by atoms with Gasteiger partial charge in [-0.05, 0) is 42.3 Å². The van der Waals surface area contributed by atoms with Crippen molar-refractivity contribution < 1.29 is 4.79 Å². The van der Waals surface area contributed by atoms with Gasteiger partial charge < -0.3 is 11.1 Å². The van der Waals surface area contributed by atoms with E-state index < -0.39 is 0 Å². The summed E-state index contributed by atoms with van der Waals surface area (Å²) in [6, 6.07) is 13.7. The van der Waals surface area contributed by atoms with Crippen LogP contribution >= 0.6 is 23.4 Å². The molecule has 0 spiro atoms. The van der Waals surface area contributed by atoms with Crippen molar-refractivity contribution in [2.75, 3.05) is 11.1 Å². The van der Waals surface area contributed by atoms with Crippen molar-refractivity contribution in [3.8, 4) is 0 Å². The second kappa shape index (κ2) is 7.38. The number of carbonyl (C=O) groups is 1. The highest BCUT2D eigenvalue weighted by atomic mass is 35.5. The highest BCUT2D eigenvalue weighted by molar-refractivity contribution is 8.00.